The number of hydrogen-bond acceptors (Lipinski definition) is 3. The van der Waals surface area contributed by atoms with E-state index in [4.69, 9.17) is 5.26 Å². The van der Waals surface area contributed by atoms with Crippen molar-refractivity contribution in [2.75, 3.05) is 0 Å². The Kier molecular flexibility index (Phi) is 4.38. The van der Waals surface area contributed by atoms with Gasteiger partial charge in [-0.25, -0.2) is 0 Å². The van der Waals surface area contributed by atoms with Crippen molar-refractivity contribution in [3.8, 4) is 6.07 Å². The lowest BCUT2D eigenvalue weighted by Crippen LogP contribution is -2.05. The summed E-state index contributed by atoms with van der Waals surface area (Å²) in [6.07, 6.45) is 0. The van der Waals surface area contributed by atoms with Crippen molar-refractivity contribution < 1.29 is 4.79 Å². The first-order valence-corrected chi connectivity index (χ1v) is 6.75. The van der Waals surface area contributed by atoms with Crippen molar-refractivity contribution in [2.45, 2.75) is 22.6 Å². The monoisotopic (exact) mass is 267 g/mol. The molecule has 2 aromatic rings. The molecule has 0 saturated carbocycles. The number of hydrogen-bond donors (Lipinski definition) is 0. The highest BCUT2D eigenvalue weighted by Crippen LogP contribution is 2.28. The van der Waals surface area contributed by atoms with Crippen molar-refractivity contribution in [2.24, 2.45) is 0 Å². The highest BCUT2D eigenvalue weighted by molar-refractivity contribution is 7.99. The average Bonchev–Trinajstić information content (AvgIpc) is 2.42. The maximum absolute atomic E-state index is 11.3. The predicted octanol–water partition coefficient (Wildman–Crippen LogP) is 4.03. The SMILES string of the molecule is CC(=O)C(C#N)c1ccc(Sc2ccccc2)cc1. The molecule has 0 amide bonds. The van der Waals surface area contributed by atoms with Gasteiger partial charge in [0.2, 0.25) is 0 Å². The average molecular weight is 267 g/mol. The summed E-state index contributed by atoms with van der Waals surface area (Å²) < 4.78 is 0. The Morgan fingerprint density at radius 2 is 1.63 bits per heavy atom. The van der Waals surface area contributed by atoms with Crippen LogP contribution >= 0.6 is 11.8 Å². The lowest BCUT2D eigenvalue weighted by Gasteiger charge is -2.07. The number of Topliss-reactive ketones (excluding diaryl/α,β-unsaturated/α-hetero) is 1. The van der Waals surface area contributed by atoms with Crippen LogP contribution in [0.2, 0.25) is 0 Å². The number of benzene rings is 2. The van der Waals surface area contributed by atoms with Crippen LogP contribution in [0.3, 0.4) is 0 Å². The summed E-state index contributed by atoms with van der Waals surface area (Å²) in [4.78, 5) is 13.6. The van der Waals surface area contributed by atoms with Gasteiger partial charge in [0.25, 0.3) is 0 Å². The summed E-state index contributed by atoms with van der Waals surface area (Å²) in [6.45, 7) is 1.44. The highest BCUT2D eigenvalue weighted by atomic mass is 32.2. The topological polar surface area (TPSA) is 40.9 Å². The van der Waals surface area contributed by atoms with E-state index < -0.39 is 5.92 Å². The van der Waals surface area contributed by atoms with Gasteiger partial charge in [-0.3, -0.25) is 4.79 Å². The lowest BCUT2D eigenvalue weighted by atomic mass is 9.97. The molecule has 0 heterocycles. The minimum absolute atomic E-state index is 0.119. The van der Waals surface area contributed by atoms with Crippen molar-refractivity contribution in [1.82, 2.24) is 0 Å². The largest absolute Gasteiger partial charge is 0.298 e. The van der Waals surface area contributed by atoms with E-state index in [1.165, 1.54) is 11.8 Å². The van der Waals surface area contributed by atoms with Crippen molar-refractivity contribution in [3.05, 3.63) is 60.2 Å². The molecule has 1 unspecified atom stereocenters. The van der Waals surface area contributed by atoms with Crippen LogP contribution < -0.4 is 0 Å². The Morgan fingerprint density at radius 3 is 2.16 bits per heavy atom. The number of carbonyl (C=O) groups excluding carboxylic acids is 1. The molecule has 0 aliphatic carbocycles. The lowest BCUT2D eigenvalue weighted by molar-refractivity contribution is -0.117. The van der Waals surface area contributed by atoms with Crippen LogP contribution in [-0.4, -0.2) is 5.78 Å². The molecular formula is C16H13NOS. The molecule has 19 heavy (non-hydrogen) atoms. The molecule has 0 bridgehead atoms. The van der Waals surface area contributed by atoms with Crippen LogP contribution in [0.4, 0.5) is 0 Å². The van der Waals surface area contributed by atoms with Crippen LogP contribution in [0, 0.1) is 11.3 Å². The molecule has 94 valence electrons. The van der Waals surface area contributed by atoms with Gasteiger partial charge in [-0.2, -0.15) is 5.26 Å². The molecule has 0 aromatic heterocycles. The van der Waals surface area contributed by atoms with E-state index in [1.807, 2.05) is 60.7 Å². The summed E-state index contributed by atoms with van der Waals surface area (Å²) in [7, 11) is 0. The van der Waals surface area contributed by atoms with Crippen LogP contribution in [0.25, 0.3) is 0 Å². The predicted molar refractivity (Wildman–Crippen MR) is 76.0 cm³/mol. The van der Waals surface area contributed by atoms with Gasteiger partial charge in [0.15, 0.2) is 5.78 Å². The fraction of sp³-hybridized carbons (Fsp3) is 0.125. The first kappa shape index (κ1) is 13.4. The van der Waals surface area contributed by atoms with Crippen LogP contribution in [0.5, 0.6) is 0 Å². The number of carbonyl (C=O) groups is 1. The molecule has 2 nitrogen and oxygen atoms in total. The number of rotatable bonds is 4. The Morgan fingerprint density at radius 1 is 1.05 bits per heavy atom. The second-order valence-corrected chi connectivity index (χ2v) is 5.30. The summed E-state index contributed by atoms with van der Waals surface area (Å²) in [6, 6.07) is 19.7. The van der Waals surface area contributed by atoms with E-state index in [-0.39, 0.29) is 5.78 Å². The second-order valence-electron chi connectivity index (χ2n) is 4.16. The van der Waals surface area contributed by atoms with E-state index >= 15 is 0 Å². The number of ketones is 1. The molecule has 0 aliphatic rings. The first-order chi connectivity index (χ1) is 9.20. The standard InChI is InChI=1S/C16H13NOS/c1-12(18)16(11-17)13-7-9-15(10-8-13)19-14-5-3-2-4-6-14/h2-10,16H,1H3. The van der Waals surface area contributed by atoms with Crippen LogP contribution in [-0.2, 0) is 4.79 Å². The Bertz CT molecular complexity index is 599. The minimum Gasteiger partial charge on any atom is -0.298 e. The number of nitrogens with zero attached hydrogens (tertiary/aromatic N) is 1. The third-order valence-electron chi connectivity index (χ3n) is 2.73. The fourth-order valence-electron chi connectivity index (χ4n) is 1.75. The zero-order valence-electron chi connectivity index (χ0n) is 10.5. The molecule has 0 fully saturated rings. The van der Waals surface area contributed by atoms with E-state index in [1.54, 1.807) is 11.8 Å². The quantitative estimate of drug-likeness (QED) is 0.839. The van der Waals surface area contributed by atoms with E-state index in [0.29, 0.717) is 0 Å². The molecule has 0 radical (unpaired) electrons. The van der Waals surface area contributed by atoms with Crippen molar-refractivity contribution in [3.63, 3.8) is 0 Å². The van der Waals surface area contributed by atoms with Gasteiger partial charge in [0.1, 0.15) is 5.92 Å². The third kappa shape index (κ3) is 3.46. The van der Waals surface area contributed by atoms with Gasteiger partial charge < -0.3 is 0 Å². The summed E-state index contributed by atoms with van der Waals surface area (Å²) in [5.74, 6) is -0.776. The summed E-state index contributed by atoms with van der Waals surface area (Å²) >= 11 is 1.66. The van der Waals surface area contributed by atoms with Gasteiger partial charge in [0, 0.05) is 9.79 Å². The van der Waals surface area contributed by atoms with E-state index in [0.717, 1.165) is 10.5 Å². The summed E-state index contributed by atoms with van der Waals surface area (Å²) in [5, 5.41) is 8.98. The highest BCUT2D eigenvalue weighted by Gasteiger charge is 2.15. The van der Waals surface area contributed by atoms with Gasteiger partial charge in [-0.05, 0) is 36.8 Å². The van der Waals surface area contributed by atoms with E-state index in [9.17, 15) is 4.79 Å². The third-order valence-corrected chi connectivity index (χ3v) is 3.74. The Labute approximate surface area is 117 Å². The van der Waals surface area contributed by atoms with Crippen LogP contribution in [0.1, 0.15) is 18.4 Å². The smallest absolute Gasteiger partial charge is 0.151 e. The fourth-order valence-corrected chi connectivity index (χ4v) is 2.59. The maximum atomic E-state index is 11.3. The molecule has 0 saturated heterocycles. The van der Waals surface area contributed by atoms with Crippen molar-refractivity contribution >= 4 is 17.5 Å². The molecular weight excluding hydrogens is 254 g/mol. The molecule has 0 spiro atoms. The molecule has 2 aromatic carbocycles. The molecule has 2 rings (SSSR count). The van der Waals surface area contributed by atoms with E-state index in [2.05, 4.69) is 0 Å². The maximum Gasteiger partial charge on any atom is 0.151 e. The number of nitriles is 1. The zero-order chi connectivity index (χ0) is 13.7. The normalized spacial score (nSPS) is 11.6. The van der Waals surface area contributed by atoms with Gasteiger partial charge in [-0.15, -0.1) is 0 Å². The van der Waals surface area contributed by atoms with Gasteiger partial charge in [-0.1, -0.05) is 42.1 Å². The van der Waals surface area contributed by atoms with Gasteiger partial charge in [0.05, 0.1) is 6.07 Å². The Balaban J connectivity index is 2.15. The minimum atomic E-state index is -0.657. The molecule has 0 N–H and O–H groups in total. The Hall–Kier alpha value is -2.05. The first-order valence-electron chi connectivity index (χ1n) is 5.93. The molecule has 3 heteroatoms. The second kappa shape index (κ2) is 6.21. The van der Waals surface area contributed by atoms with Crippen molar-refractivity contribution in [1.29, 1.82) is 5.26 Å². The van der Waals surface area contributed by atoms with Crippen LogP contribution in [0.15, 0.2) is 64.4 Å². The molecule has 0 aliphatic heterocycles. The molecule has 1 atom stereocenters. The zero-order valence-corrected chi connectivity index (χ0v) is 11.4. The summed E-state index contributed by atoms with van der Waals surface area (Å²) in [5.41, 5.74) is 0.757. The van der Waals surface area contributed by atoms with Gasteiger partial charge >= 0.3 is 0 Å².